The van der Waals surface area contributed by atoms with E-state index in [9.17, 15) is 14.4 Å². The smallest absolute Gasteiger partial charge is 0.328 e. The molecule has 7 heteroatoms. The van der Waals surface area contributed by atoms with Gasteiger partial charge in [0.05, 0.1) is 6.61 Å². The Kier molecular flexibility index (Phi) is 5.66. The number of aliphatic carboxylic acids is 1. The minimum absolute atomic E-state index is 0.133. The lowest BCUT2D eigenvalue weighted by atomic mass is 10.0. The Labute approximate surface area is 122 Å². The number of aromatic amines is 1. The Hall–Kier alpha value is -2.15. The average Bonchev–Trinajstić information content (AvgIpc) is 2.74. The molecule has 0 saturated heterocycles. The van der Waals surface area contributed by atoms with Crippen molar-refractivity contribution >= 4 is 17.7 Å². The number of Topliss-reactive ketones (excluding diaryl/α,β-unsaturated/α-hetero) is 1. The molecule has 0 radical (unpaired) electrons. The topological polar surface area (TPSA) is 108 Å². The van der Waals surface area contributed by atoms with E-state index in [2.05, 4.69) is 10.3 Å². The summed E-state index contributed by atoms with van der Waals surface area (Å²) >= 11 is 0. The van der Waals surface area contributed by atoms with Crippen LogP contribution in [0.25, 0.3) is 0 Å². The minimum Gasteiger partial charge on any atom is -0.480 e. The van der Waals surface area contributed by atoms with E-state index < -0.39 is 17.9 Å². The number of ketones is 1. The minimum atomic E-state index is -1.18. The van der Waals surface area contributed by atoms with E-state index in [-0.39, 0.29) is 18.1 Å². The van der Waals surface area contributed by atoms with Gasteiger partial charge in [-0.15, -0.1) is 0 Å². The maximum Gasteiger partial charge on any atom is 0.328 e. The van der Waals surface area contributed by atoms with Crippen molar-refractivity contribution in [2.75, 3.05) is 13.7 Å². The van der Waals surface area contributed by atoms with Gasteiger partial charge in [-0.25, -0.2) is 4.79 Å². The number of aromatic nitrogens is 1. The third-order valence-electron chi connectivity index (χ3n) is 3.16. The molecular weight excluding hydrogens is 276 g/mol. The number of rotatable bonds is 7. The predicted octanol–water partition coefficient (Wildman–Crippen LogP) is 0.918. The lowest BCUT2D eigenvalue weighted by Gasteiger charge is -2.13. The standard InChI is InChI=1S/C14H20N2O5/c1-5-9-11(8(3)17)7(2)15-12(9)13(18)16-10(6-21-4)14(19)20/h10,15H,5-6H2,1-4H3,(H,16,18)(H,19,20). The number of ether oxygens (including phenoxy) is 1. The summed E-state index contributed by atoms with van der Waals surface area (Å²) in [4.78, 5) is 37.8. The highest BCUT2D eigenvalue weighted by Gasteiger charge is 2.25. The largest absolute Gasteiger partial charge is 0.480 e. The fourth-order valence-corrected chi connectivity index (χ4v) is 2.27. The van der Waals surface area contributed by atoms with Gasteiger partial charge in [-0.05, 0) is 25.8 Å². The molecule has 0 aliphatic rings. The fraction of sp³-hybridized carbons (Fsp3) is 0.500. The molecule has 0 aromatic carbocycles. The van der Waals surface area contributed by atoms with Crippen molar-refractivity contribution in [3.8, 4) is 0 Å². The van der Waals surface area contributed by atoms with Gasteiger partial charge in [0.2, 0.25) is 0 Å². The number of carboxylic acid groups (broad SMARTS) is 1. The molecule has 0 aliphatic heterocycles. The number of nitrogens with one attached hydrogen (secondary N) is 2. The van der Waals surface area contributed by atoms with Gasteiger partial charge in [0.15, 0.2) is 11.8 Å². The Morgan fingerprint density at radius 3 is 2.43 bits per heavy atom. The third-order valence-corrected chi connectivity index (χ3v) is 3.16. The molecule has 7 nitrogen and oxygen atoms in total. The van der Waals surface area contributed by atoms with Crippen LogP contribution in [0.5, 0.6) is 0 Å². The Balaban J connectivity index is 3.10. The maximum absolute atomic E-state index is 12.2. The first-order valence-corrected chi connectivity index (χ1v) is 6.58. The molecule has 1 heterocycles. The normalized spacial score (nSPS) is 12.0. The highest BCUT2D eigenvalue weighted by Crippen LogP contribution is 2.20. The highest BCUT2D eigenvalue weighted by atomic mass is 16.5. The van der Waals surface area contributed by atoms with Crippen LogP contribution in [0.4, 0.5) is 0 Å². The predicted molar refractivity (Wildman–Crippen MR) is 75.7 cm³/mol. The molecule has 1 unspecified atom stereocenters. The molecule has 1 rings (SSSR count). The quantitative estimate of drug-likeness (QED) is 0.648. The number of aryl methyl sites for hydroxylation is 1. The van der Waals surface area contributed by atoms with E-state index in [1.807, 2.05) is 6.92 Å². The van der Waals surface area contributed by atoms with Gasteiger partial charge in [0.1, 0.15) is 5.69 Å². The van der Waals surface area contributed by atoms with E-state index in [4.69, 9.17) is 9.84 Å². The van der Waals surface area contributed by atoms with Crippen LogP contribution in [0.15, 0.2) is 0 Å². The van der Waals surface area contributed by atoms with Crippen molar-refractivity contribution in [3.05, 3.63) is 22.5 Å². The van der Waals surface area contributed by atoms with Crippen molar-refractivity contribution in [1.29, 1.82) is 0 Å². The molecule has 0 spiro atoms. The maximum atomic E-state index is 12.2. The van der Waals surface area contributed by atoms with E-state index in [0.29, 0.717) is 23.2 Å². The molecule has 0 saturated carbocycles. The summed E-state index contributed by atoms with van der Waals surface area (Å²) in [6.45, 7) is 4.83. The van der Waals surface area contributed by atoms with Crippen LogP contribution in [0.2, 0.25) is 0 Å². The van der Waals surface area contributed by atoms with Crippen LogP contribution >= 0.6 is 0 Å². The van der Waals surface area contributed by atoms with Crippen LogP contribution in [-0.2, 0) is 16.0 Å². The molecule has 1 aromatic heterocycles. The SMILES string of the molecule is CCc1c(C(=O)NC(COC)C(=O)O)[nH]c(C)c1C(C)=O. The van der Waals surface area contributed by atoms with Crippen LogP contribution in [0, 0.1) is 6.92 Å². The first kappa shape index (κ1) is 16.9. The van der Waals surface area contributed by atoms with Gasteiger partial charge in [-0.2, -0.15) is 0 Å². The Morgan fingerprint density at radius 1 is 1.38 bits per heavy atom. The second-order valence-corrected chi connectivity index (χ2v) is 4.71. The van der Waals surface area contributed by atoms with Gasteiger partial charge in [0.25, 0.3) is 5.91 Å². The molecule has 1 aromatic rings. The molecule has 21 heavy (non-hydrogen) atoms. The lowest BCUT2D eigenvalue weighted by Crippen LogP contribution is -2.44. The number of H-pyrrole nitrogens is 1. The average molecular weight is 296 g/mol. The molecule has 1 amide bonds. The molecule has 116 valence electrons. The summed E-state index contributed by atoms with van der Waals surface area (Å²) in [6.07, 6.45) is 0.490. The Bertz CT molecular complexity index is 562. The highest BCUT2D eigenvalue weighted by molar-refractivity contribution is 6.03. The number of carbonyl (C=O) groups excluding carboxylic acids is 2. The Morgan fingerprint density at radius 2 is 2.00 bits per heavy atom. The summed E-state index contributed by atoms with van der Waals surface area (Å²) < 4.78 is 4.77. The van der Waals surface area contributed by atoms with E-state index >= 15 is 0 Å². The number of hydrogen-bond acceptors (Lipinski definition) is 4. The van der Waals surface area contributed by atoms with Crippen LogP contribution in [-0.4, -0.2) is 47.5 Å². The number of amides is 1. The van der Waals surface area contributed by atoms with Crippen molar-refractivity contribution in [2.24, 2.45) is 0 Å². The number of carbonyl (C=O) groups is 3. The van der Waals surface area contributed by atoms with Crippen molar-refractivity contribution < 1.29 is 24.2 Å². The van der Waals surface area contributed by atoms with Crippen molar-refractivity contribution in [1.82, 2.24) is 10.3 Å². The second-order valence-electron chi connectivity index (χ2n) is 4.71. The van der Waals surface area contributed by atoms with Crippen LogP contribution in [0.3, 0.4) is 0 Å². The molecular formula is C14H20N2O5. The number of hydrogen-bond donors (Lipinski definition) is 3. The molecule has 0 fully saturated rings. The van der Waals surface area contributed by atoms with Gasteiger partial charge in [-0.3, -0.25) is 9.59 Å². The monoisotopic (exact) mass is 296 g/mol. The first-order chi connectivity index (χ1) is 9.83. The number of carboxylic acids is 1. The zero-order valence-corrected chi connectivity index (χ0v) is 12.6. The fourth-order valence-electron chi connectivity index (χ4n) is 2.27. The van der Waals surface area contributed by atoms with Crippen molar-refractivity contribution in [2.45, 2.75) is 33.2 Å². The molecule has 3 N–H and O–H groups in total. The van der Waals surface area contributed by atoms with Gasteiger partial charge in [-0.1, -0.05) is 6.92 Å². The molecule has 0 aliphatic carbocycles. The lowest BCUT2D eigenvalue weighted by molar-refractivity contribution is -0.140. The van der Waals surface area contributed by atoms with E-state index in [0.717, 1.165) is 0 Å². The third kappa shape index (κ3) is 3.69. The van der Waals surface area contributed by atoms with Gasteiger partial charge in [0, 0.05) is 18.4 Å². The summed E-state index contributed by atoms with van der Waals surface area (Å²) in [5.74, 6) is -1.88. The van der Waals surface area contributed by atoms with Crippen molar-refractivity contribution in [3.63, 3.8) is 0 Å². The van der Waals surface area contributed by atoms with Gasteiger partial charge < -0.3 is 20.1 Å². The zero-order valence-electron chi connectivity index (χ0n) is 12.6. The molecule has 0 bridgehead atoms. The van der Waals surface area contributed by atoms with Crippen LogP contribution < -0.4 is 5.32 Å². The van der Waals surface area contributed by atoms with Crippen LogP contribution in [0.1, 0.15) is 46.0 Å². The van der Waals surface area contributed by atoms with E-state index in [1.54, 1.807) is 6.92 Å². The summed E-state index contributed by atoms with van der Waals surface area (Å²) in [5.41, 5.74) is 1.91. The molecule has 1 atom stereocenters. The number of methoxy groups -OCH3 is 1. The summed E-state index contributed by atoms with van der Waals surface area (Å²) in [5, 5.41) is 11.4. The summed E-state index contributed by atoms with van der Waals surface area (Å²) in [6, 6.07) is -1.14. The second kappa shape index (κ2) is 7.03. The summed E-state index contributed by atoms with van der Waals surface area (Å²) in [7, 11) is 1.35. The first-order valence-electron chi connectivity index (χ1n) is 6.58. The van der Waals surface area contributed by atoms with Gasteiger partial charge >= 0.3 is 5.97 Å². The van der Waals surface area contributed by atoms with E-state index in [1.165, 1.54) is 14.0 Å². The zero-order chi connectivity index (χ0) is 16.2.